The number of hydrogen-bond donors (Lipinski definition) is 0. The van der Waals surface area contributed by atoms with Crippen molar-refractivity contribution in [2.24, 2.45) is 0 Å². The van der Waals surface area contributed by atoms with Crippen molar-refractivity contribution in [2.45, 2.75) is 26.2 Å². The Morgan fingerprint density at radius 3 is 2.19 bits per heavy atom. The Bertz CT molecular complexity index is 725. The summed E-state index contributed by atoms with van der Waals surface area (Å²) in [5, 5.41) is 8.15. The van der Waals surface area contributed by atoms with Crippen LogP contribution in [0.1, 0.15) is 26.3 Å². The summed E-state index contributed by atoms with van der Waals surface area (Å²) in [5.41, 5.74) is 3.00. The molecule has 0 saturated heterocycles. The van der Waals surface area contributed by atoms with E-state index in [1.54, 1.807) is 6.20 Å². The van der Waals surface area contributed by atoms with Gasteiger partial charge in [-0.3, -0.25) is 4.98 Å². The minimum absolute atomic E-state index is 0.131. The lowest BCUT2D eigenvalue weighted by Gasteiger charge is -2.18. The topological polar surface area (TPSA) is 51.8 Å². The summed E-state index contributed by atoms with van der Waals surface area (Å²) in [7, 11) is 0. The molecule has 0 aliphatic carbocycles. The third kappa shape index (κ3) is 2.84. The SMILES string of the molecule is CC(C)(C)c1ccc(-c2nnc(-c3ccccn3)o2)cc1. The number of hydrogen-bond acceptors (Lipinski definition) is 4. The molecule has 0 radical (unpaired) electrons. The third-order valence-corrected chi connectivity index (χ3v) is 3.31. The van der Waals surface area contributed by atoms with Gasteiger partial charge < -0.3 is 4.42 Å². The van der Waals surface area contributed by atoms with E-state index in [0.29, 0.717) is 17.5 Å². The van der Waals surface area contributed by atoms with Crippen molar-refractivity contribution in [3.05, 3.63) is 54.2 Å². The molecular formula is C17H17N3O. The first-order chi connectivity index (χ1) is 10.0. The molecule has 1 aromatic carbocycles. The summed E-state index contributed by atoms with van der Waals surface area (Å²) >= 11 is 0. The zero-order chi connectivity index (χ0) is 14.9. The second-order valence-electron chi connectivity index (χ2n) is 5.95. The number of benzene rings is 1. The van der Waals surface area contributed by atoms with Crippen LogP contribution in [0.15, 0.2) is 53.1 Å². The zero-order valence-corrected chi connectivity index (χ0v) is 12.4. The molecule has 2 aromatic heterocycles. The van der Waals surface area contributed by atoms with E-state index in [4.69, 9.17) is 4.42 Å². The molecule has 0 fully saturated rings. The van der Waals surface area contributed by atoms with Crippen LogP contribution in [0.3, 0.4) is 0 Å². The Kier molecular flexibility index (Phi) is 3.29. The predicted molar refractivity (Wildman–Crippen MR) is 81.7 cm³/mol. The van der Waals surface area contributed by atoms with E-state index in [9.17, 15) is 0 Å². The fourth-order valence-electron chi connectivity index (χ4n) is 2.05. The molecule has 0 bridgehead atoms. The first kappa shape index (κ1) is 13.5. The van der Waals surface area contributed by atoms with Crippen molar-refractivity contribution in [3.8, 4) is 23.0 Å². The van der Waals surface area contributed by atoms with Crippen molar-refractivity contribution in [2.75, 3.05) is 0 Å². The Morgan fingerprint density at radius 2 is 1.57 bits per heavy atom. The highest BCUT2D eigenvalue weighted by molar-refractivity contribution is 5.56. The van der Waals surface area contributed by atoms with E-state index < -0.39 is 0 Å². The molecule has 21 heavy (non-hydrogen) atoms. The van der Waals surface area contributed by atoms with E-state index >= 15 is 0 Å². The number of nitrogens with zero attached hydrogens (tertiary/aromatic N) is 3. The van der Waals surface area contributed by atoms with Crippen LogP contribution in [-0.2, 0) is 5.41 Å². The number of aromatic nitrogens is 3. The molecule has 0 amide bonds. The normalized spacial score (nSPS) is 11.6. The van der Waals surface area contributed by atoms with Crippen LogP contribution in [0.5, 0.6) is 0 Å². The summed E-state index contributed by atoms with van der Waals surface area (Å²) < 4.78 is 5.70. The first-order valence-electron chi connectivity index (χ1n) is 6.90. The van der Waals surface area contributed by atoms with Gasteiger partial charge in [0.25, 0.3) is 5.89 Å². The van der Waals surface area contributed by atoms with Crippen LogP contribution in [0.2, 0.25) is 0 Å². The van der Waals surface area contributed by atoms with E-state index in [1.807, 2.05) is 30.3 Å². The van der Waals surface area contributed by atoms with E-state index in [2.05, 4.69) is 48.1 Å². The maximum atomic E-state index is 5.70. The van der Waals surface area contributed by atoms with Gasteiger partial charge in [0.2, 0.25) is 5.89 Å². The van der Waals surface area contributed by atoms with Gasteiger partial charge in [0.1, 0.15) is 5.69 Å². The fraction of sp³-hybridized carbons (Fsp3) is 0.235. The summed E-state index contributed by atoms with van der Waals surface area (Å²) in [6.07, 6.45) is 1.71. The van der Waals surface area contributed by atoms with Crippen molar-refractivity contribution in [1.82, 2.24) is 15.2 Å². The molecule has 3 rings (SSSR count). The minimum atomic E-state index is 0.131. The highest BCUT2D eigenvalue weighted by Crippen LogP contribution is 2.26. The minimum Gasteiger partial charge on any atom is -0.415 e. The molecule has 0 unspecified atom stereocenters. The lowest BCUT2D eigenvalue weighted by atomic mass is 9.87. The molecule has 4 heteroatoms. The standard InChI is InChI=1S/C17H17N3O/c1-17(2,3)13-9-7-12(8-10-13)15-19-20-16(21-15)14-6-4-5-11-18-14/h4-11H,1-3H3. The van der Waals surface area contributed by atoms with Gasteiger partial charge in [-0.1, -0.05) is 39.0 Å². The maximum absolute atomic E-state index is 5.70. The van der Waals surface area contributed by atoms with Gasteiger partial charge in [-0.05, 0) is 35.2 Å². The van der Waals surface area contributed by atoms with Gasteiger partial charge in [0.05, 0.1) is 0 Å². The second kappa shape index (κ2) is 5.13. The first-order valence-corrected chi connectivity index (χ1v) is 6.90. The Balaban J connectivity index is 1.90. The van der Waals surface area contributed by atoms with Crippen LogP contribution in [0.25, 0.3) is 23.0 Å². The van der Waals surface area contributed by atoms with Gasteiger partial charge in [0, 0.05) is 11.8 Å². The molecule has 4 nitrogen and oxygen atoms in total. The highest BCUT2D eigenvalue weighted by atomic mass is 16.4. The van der Waals surface area contributed by atoms with Gasteiger partial charge in [-0.15, -0.1) is 10.2 Å². The quantitative estimate of drug-likeness (QED) is 0.708. The molecule has 0 aliphatic heterocycles. The third-order valence-electron chi connectivity index (χ3n) is 3.31. The van der Waals surface area contributed by atoms with Crippen LogP contribution < -0.4 is 0 Å². The molecule has 0 N–H and O–H groups in total. The number of rotatable bonds is 2. The summed E-state index contributed by atoms with van der Waals surface area (Å²) in [6, 6.07) is 13.8. The van der Waals surface area contributed by atoms with E-state index in [0.717, 1.165) is 5.56 Å². The summed E-state index contributed by atoms with van der Waals surface area (Å²) in [4.78, 5) is 4.21. The van der Waals surface area contributed by atoms with Gasteiger partial charge in [0.15, 0.2) is 0 Å². The van der Waals surface area contributed by atoms with Crippen molar-refractivity contribution in [1.29, 1.82) is 0 Å². The van der Waals surface area contributed by atoms with Crippen molar-refractivity contribution >= 4 is 0 Å². The molecule has 0 atom stereocenters. The largest absolute Gasteiger partial charge is 0.415 e. The van der Waals surface area contributed by atoms with Gasteiger partial charge in [-0.2, -0.15) is 0 Å². The van der Waals surface area contributed by atoms with Crippen LogP contribution in [0, 0.1) is 0 Å². The lowest BCUT2D eigenvalue weighted by molar-refractivity contribution is 0.580. The smallest absolute Gasteiger partial charge is 0.266 e. The van der Waals surface area contributed by atoms with Crippen LogP contribution >= 0.6 is 0 Å². The summed E-state index contributed by atoms with van der Waals surface area (Å²) in [6.45, 7) is 6.57. The Hall–Kier alpha value is -2.49. The van der Waals surface area contributed by atoms with Crippen LogP contribution in [0.4, 0.5) is 0 Å². The molecule has 3 aromatic rings. The lowest BCUT2D eigenvalue weighted by Crippen LogP contribution is -2.10. The van der Waals surface area contributed by atoms with Crippen molar-refractivity contribution in [3.63, 3.8) is 0 Å². The molecule has 2 heterocycles. The molecule has 0 spiro atoms. The average molecular weight is 279 g/mol. The summed E-state index contributed by atoms with van der Waals surface area (Å²) in [5.74, 6) is 0.946. The van der Waals surface area contributed by atoms with Gasteiger partial charge in [-0.25, -0.2) is 0 Å². The van der Waals surface area contributed by atoms with Crippen LogP contribution in [-0.4, -0.2) is 15.2 Å². The molecular weight excluding hydrogens is 262 g/mol. The monoisotopic (exact) mass is 279 g/mol. The predicted octanol–water partition coefficient (Wildman–Crippen LogP) is 4.10. The Morgan fingerprint density at radius 1 is 0.857 bits per heavy atom. The Labute approximate surface area is 123 Å². The highest BCUT2D eigenvalue weighted by Gasteiger charge is 2.15. The fourth-order valence-corrected chi connectivity index (χ4v) is 2.05. The second-order valence-corrected chi connectivity index (χ2v) is 5.95. The molecule has 0 aliphatic rings. The number of pyridine rings is 1. The zero-order valence-electron chi connectivity index (χ0n) is 12.4. The average Bonchev–Trinajstić information content (AvgIpc) is 2.97. The van der Waals surface area contributed by atoms with E-state index in [-0.39, 0.29) is 5.41 Å². The van der Waals surface area contributed by atoms with E-state index in [1.165, 1.54) is 5.56 Å². The molecule has 106 valence electrons. The van der Waals surface area contributed by atoms with Crippen molar-refractivity contribution < 1.29 is 4.42 Å². The maximum Gasteiger partial charge on any atom is 0.266 e. The molecule has 0 saturated carbocycles. The van der Waals surface area contributed by atoms with Gasteiger partial charge >= 0.3 is 0 Å².